The lowest BCUT2D eigenvalue weighted by Crippen LogP contribution is -2.36. The van der Waals surface area contributed by atoms with E-state index in [0.717, 1.165) is 13.1 Å². The molecule has 0 radical (unpaired) electrons. The van der Waals surface area contributed by atoms with E-state index in [1.165, 1.54) is 38.2 Å². The monoisotopic (exact) mass is 318 g/mol. The first-order valence-electron chi connectivity index (χ1n) is 8.27. The van der Waals surface area contributed by atoms with E-state index in [4.69, 9.17) is 4.52 Å². The van der Waals surface area contributed by atoms with E-state index < -0.39 is 0 Å². The van der Waals surface area contributed by atoms with Crippen LogP contribution in [0.25, 0.3) is 11.4 Å². The minimum absolute atomic E-state index is 0.270. The first-order valence-corrected chi connectivity index (χ1v) is 8.27. The van der Waals surface area contributed by atoms with Crippen LogP contribution in [0.4, 0.5) is 10.4 Å². The largest absolute Gasteiger partial charge is 0.336 e. The Kier molecular flexibility index (Phi) is 5.23. The van der Waals surface area contributed by atoms with Crippen molar-refractivity contribution in [3.05, 3.63) is 30.1 Å². The number of hydrogen-bond donors (Lipinski definition) is 1. The molecule has 1 aromatic heterocycles. The lowest BCUT2D eigenvalue weighted by Gasteiger charge is -2.31. The minimum atomic E-state index is -0.350. The van der Waals surface area contributed by atoms with Gasteiger partial charge in [0.25, 0.3) is 0 Å². The number of rotatable bonds is 6. The second-order valence-corrected chi connectivity index (χ2v) is 6.10. The molecule has 1 fully saturated rings. The van der Waals surface area contributed by atoms with Crippen LogP contribution in [0, 0.1) is 5.82 Å². The van der Waals surface area contributed by atoms with Crippen LogP contribution in [0.3, 0.4) is 0 Å². The summed E-state index contributed by atoms with van der Waals surface area (Å²) in [6.45, 7) is 1.65. The Balaban J connectivity index is 1.50. The standard InChI is InChI=1S/C17H23FN4O/c1-22(13-7-3-2-4-8-13)12-11-19-17-20-16(21-23-17)14-9-5-6-10-15(14)18/h5-6,9-10,13H,2-4,7-8,11-12H2,1H3,(H,19,20,21). The van der Waals surface area contributed by atoms with Crippen molar-refractivity contribution in [3.8, 4) is 11.4 Å². The lowest BCUT2D eigenvalue weighted by molar-refractivity contribution is 0.197. The zero-order valence-corrected chi connectivity index (χ0v) is 13.5. The molecule has 0 spiro atoms. The predicted octanol–water partition coefficient (Wildman–Crippen LogP) is 3.55. The van der Waals surface area contributed by atoms with Crippen LogP contribution in [0.5, 0.6) is 0 Å². The molecule has 3 rings (SSSR count). The molecule has 1 aromatic carbocycles. The molecule has 0 saturated heterocycles. The van der Waals surface area contributed by atoms with E-state index in [1.807, 2.05) is 0 Å². The summed E-state index contributed by atoms with van der Waals surface area (Å²) in [6, 6.07) is 7.43. The normalized spacial score (nSPS) is 16.0. The highest BCUT2D eigenvalue weighted by atomic mass is 19.1. The second-order valence-electron chi connectivity index (χ2n) is 6.10. The number of nitrogens with one attached hydrogen (secondary N) is 1. The van der Waals surface area contributed by atoms with Crippen LogP contribution in [-0.2, 0) is 0 Å². The maximum atomic E-state index is 13.7. The smallest absolute Gasteiger partial charge is 0.321 e. The van der Waals surface area contributed by atoms with Gasteiger partial charge in [-0.25, -0.2) is 4.39 Å². The molecular weight excluding hydrogens is 295 g/mol. The summed E-state index contributed by atoms with van der Waals surface area (Å²) < 4.78 is 18.8. The Morgan fingerprint density at radius 1 is 1.26 bits per heavy atom. The third kappa shape index (κ3) is 4.07. The van der Waals surface area contributed by atoms with Gasteiger partial charge in [-0.05, 0) is 32.0 Å². The molecule has 0 aliphatic heterocycles. The summed E-state index contributed by atoms with van der Waals surface area (Å²) in [5.74, 6) is -0.0804. The molecule has 23 heavy (non-hydrogen) atoms. The minimum Gasteiger partial charge on any atom is -0.336 e. The van der Waals surface area contributed by atoms with Gasteiger partial charge in [0.2, 0.25) is 5.82 Å². The average molecular weight is 318 g/mol. The summed E-state index contributed by atoms with van der Waals surface area (Å²) in [5.41, 5.74) is 0.351. The highest BCUT2D eigenvalue weighted by Gasteiger charge is 2.17. The third-order valence-electron chi connectivity index (χ3n) is 4.48. The molecule has 1 saturated carbocycles. The topological polar surface area (TPSA) is 54.2 Å². The van der Waals surface area contributed by atoms with Gasteiger partial charge in [0.1, 0.15) is 5.82 Å². The fourth-order valence-electron chi connectivity index (χ4n) is 3.09. The van der Waals surface area contributed by atoms with Crippen LogP contribution in [0.1, 0.15) is 32.1 Å². The quantitative estimate of drug-likeness (QED) is 0.882. The van der Waals surface area contributed by atoms with Gasteiger partial charge in [0.05, 0.1) is 5.56 Å². The Morgan fingerprint density at radius 3 is 2.83 bits per heavy atom. The zero-order chi connectivity index (χ0) is 16.1. The van der Waals surface area contributed by atoms with Gasteiger partial charge in [0, 0.05) is 19.1 Å². The molecule has 1 N–H and O–H groups in total. The number of benzene rings is 1. The average Bonchev–Trinajstić information content (AvgIpc) is 3.04. The fraction of sp³-hybridized carbons (Fsp3) is 0.529. The van der Waals surface area contributed by atoms with Crippen molar-refractivity contribution >= 4 is 6.01 Å². The first-order chi connectivity index (χ1) is 11.2. The van der Waals surface area contributed by atoms with Crippen LogP contribution < -0.4 is 5.32 Å². The Morgan fingerprint density at radius 2 is 2.04 bits per heavy atom. The van der Waals surface area contributed by atoms with Gasteiger partial charge in [-0.2, -0.15) is 4.98 Å². The van der Waals surface area contributed by atoms with Crippen molar-refractivity contribution in [2.24, 2.45) is 0 Å². The first kappa shape index (κ1) is 15.9. The number of likely N-dealkylation sites (N-methyl/N-ethyl adjacent to an activating group) is 1. The number of nitrogens with zero attached hydrogens (tertiary/aromatic N) is 3. The molecule has 6 heteroatoms. The van der Waals surface area contributed by atoms with Crippen LogP contribution in [0.2, 0.25) is 0 Å². The molecule has 0 amide bonds. The summed E-state index contributed by atoms with van der Waals surface area (Å²) in [4.78, 5) is 6.59. The number of hydrogen-bond acceptors (Lipinski definition) is 5. The van der Waals surface area contributed by atoms with E-state index in [9.17, 15) is 4.39 Å². The maximum absolute atomic E-state index is 13.7. The van der Waals surface area contributed by atoms with E-state index >= 15 is 0 Å². The van der Waals surface area contributed by atoms with Gasteiger partial charge >= 0.3 is 6.01 Å². The number of aromatic nitrogens is 2. The van der Waals surface area contributed by atoms with E-state index in [0.29, 0.717) is 17.6 Å². The summed E-state index contributed by atoms with van der Waals surface area (Å²) >= 11 is 0. The van der Waals surface area contributed by atoms with Crippen LogP contribution in [-0.4, -0.2) is 41.2 Å². The third-order valence-corrected chi connectivity index (χ3v) is 4.48. The molecule has 1 heterocycles. The maximum Gasteiger partial charge on any atom is 0.321 e. The Bertz CT molecular complexity index is 625. The molecule has 0 atom stereocenters. The van der Waals surface area contributed by atoms with Crippen molar-refractivity contribution < 1.29 is 8.91 Å². The fourth-order valence-corrected chi connectivity index (χ4v) is 3.09. The van der Waals surface area contributed by atoms with Crippen molar-refractivity contribution in [2.45, 2.75) is 38.1 Å². The van der Waals surface area contributed by atoms with Gasteiger partial charge in [-0.3, -0.25) is 0 Å². The lowest BCUT2D eigenvalue weighted by atomic mass is 9.94. The number of halogens is 1. The SMILES string of the molecule is CN(CCNc1nc(-c2ccccc2F)no1)C1CCCCC1. The Labute approximate surface area is 135 Å². The highest BCUT2D eigenvalue weighted by Crippen LogP contribution is 2.22. The van der Waals surface area contributed by atoms with Crippen molar-refractivity contribution in [3.63, 3.8) is 0 Å². The van der Waals surface area contributed by atoms with Gasteiger partial charge in [0.15, 0.2) is 0 Å². The molecular formula is C17H23FN4O. The summed E-state index contributed by atoms with van der Waals surface area (Å²) in [6.07, 6.45) is 6.60. The van der Waals surface area contributed by atoms with Crippen molar-refractivity contribution in [1.29, 1.82) is 0 Å². The molecule has 124 valence electrons. The van der Waals surface area contributed by atoms with Crippen molar-refractivity contribution in [1.82, 2.24) is 15.0 Å². The van der Waals surface area contributed by atoms with E-state index in [1.54, 1.807) is 18.2 Å². The molecule has 1 aliphatic rings. The number of anilines is 1. The summed E-state index contributed by atoms with van der Waals surface area (Å²) in [5, 5.41) is 6.95. The van der Waals surface area contributed by atoms with E-state index in [2.05, 4.69) is 27.4 Å². The van der Waals surface area contributed by atoms with Crippen LogP contribution in [0.15, 0.2) is 28.8 Å². The highest BCUT2D eigenvalue weighted by molar-refractivity contribution is 5.56. The Hall–Kier alpha value is -1.95. The zero-order valence-electron chi connectivity index (χ0n) is 13.5. The molecule has 0 unspecified atom stereocenters. The van der Waals surface area contributed by atoms with Crippen molar-refractivity contribution in [2.75, 3.05) is 25.5 Å². The van der Waals surface area contributed by atoms with Crippen LogP contribution >= 0.6 is 0 Å². The predicted molar refractivity (Wildman–Crippen MR) is 87.7 cm³/mol. The van der Waals surface area contributed by atoms with E-state index in [-0.39, 0.29) is 11.6 Å². The molecule has 1 aliphatic carbocycles. The van der Waals surface area contributed by atoms with Gasteiger partial charge < -0.3 is 14.7 Å². The second kappa shape index (κ2) is 7.55. The van der Waals surface area contributed by atoms with Gasteiger partial charge in [-0.15, -0.1) is 0 Å². The molecule has 0 bridgehead atoms. The molecule has 2 aromatic rings. The summed E-state index contributed by atoms with van der Waals surface area (Å²) in [7, 11) is 2.16. The molecule has 5 nitrogen and oxygen atoms in total. The van der Waals surface area contributed by atoms with Gasteiger partial charge in [-0.1, -0.05) is 36.6 Å².